The number of aliphatic carboxylic acids is 1. The van der Waals surface area contributed by atoms with Crippen LogP contribution in [0.4, 0.5) is 0 Å². The number of carbonyl (C=O) groups excluding carboxylic acids is 2. The molecule has 2 rings (SSSR count). The van der Waals surface area contributed by atoms with Crippen LogP contribution in [0.15, 0.2) is 60.7 Å². The summed E-state index contributed by atoms with van der Waals surface area (Å²) in [7, 11) is 0. The fourth-order valence-corrected chi connectivity index (χ4v) is 3.61. The van der Waals surface area contributed by atoms with E-state index in [1.807, 2.05) is 0 Å². The van der Waals surface area contributed by atoms with E-state index >= 15 is 0 Å². The standard InChI is InChI=1S/C26H34N2O5/c1-2-3-4-5-6-13-18-21(26(32)33)27-25(31)23(29)22(19-14-9-7-10-15-19)28-24(30)20-16-11-8-12-17-20/h7-12,14-17,21-23,29H,2-6,13,18H2,1H3,(H,27,31)(H,28,30)(H,32,33)/t21-,22+,23-/m1/s1. The van der Waals surface area contributed by atoms with E-state index < -0.39 is 36.0 Å². The van der Waals surface area contributed by atoms with Gasteiger partial charge in [-0.05, 0) is 24.1 Å². The molecule has 7 nitrogen and oxygen atoms in total. The molecule has 0 aliphatic rings. The highest BCUT2D eigenvalue weighted by atomic mass is 16.4. The molecule has 0 saturated heterocycles. The van der Waals surface area contributed by atoms with Crippen LogP contribution in [0.1, 0.15) is 73.8 Å². The number of amides is 2. The summed E-state index contributed by atoms with van der Waals surface area (Å²) in [6.45, 7) is 2.13. The Labute approximate surface area is 195 Å². The Hall–Kier alpha value is -3.19. The molecule has 0 saturated carbocycles. The van der Waals surface area contributed by atoms with E-state index in [1.165, 1.54) is 0 Å². The normalized spacial score (nSPS) is 13.5. The van der Waals surface area contributed by atoms with Gasteiger partial charge in [0.15, 0.2) is 6.10 Å². The molecule has 2 aromatic carbocycles. The van der Waals surface area contributed by atoms with E-state index in [1.54, 1.807) is 60.7 Å². The molecule has 3 atom stereocenters. The maximum atomic E-state index is 12.8. The van der Waals surface area contributed by atoms with E-state index in [9.17, 15) is 24.6 Å². The topological polar surface area (TPSA) is 116 Å². The summed E-state index contributed by atoms with van der Waals surface area (Å²) in [5.41, 5.74) is 0.921. The van der Waals surface area contributed by atoms with E-state index in [-0.39, 0.29) is 6.42 Å². The lowest BCUT2D eigenvalue weighted by molar-refractivity contribution is -0.144. The highest BCUT2D eigenvalue weighted by molar-refractivity contribution is 5.95. The van der Waals surface area contributed by atoms with Gasteiger partial charge < -0.3 is 20.8 Å². The van der Waals surface area contributed by atoms with Crippen molar-refractivity contribution >= 4 is 17.8 Å². The van der Waals surface area contributed by atoms with Gasteiger partial charge in [0.2, 0.25) is 0 Å². The molecule has 0 unspecified atom stereocenters. The van der Waals surface area contributed by atoms with Gasteiger partial charge in [-0.15, -0.1) is 0 Å². The summed E-state index contributed by atoms with van der Waals surface area (Å²) >= 11 is 0. The van der Waals surface area contributed by atoms with Crippen LogP contribution in [-0.2, 0) is 9.59 Å². The average molecular weight is 455 g/mol. The zero-order valence-electron chi connectivity index (χ0n) is 19.1. The molecule has 0 aliphatic heterocycles. The predicted octanol–water partition coefficient (Wildman–Crippen LogP) is 3.84. The van der Waals surface area contributed by atoms with Crippen molar-refractivity contribution in [2.24, 2.45) is 0 Å². The van der Waals surface area contributed by atoms with Crippen molar-refractivity contribution in [1.82, 2.24) is 10.6 Å². The minimum atomic E-state index is -1.66. The SMILES string of the molecule is CCCCCCCC[C@@H](NC(=O)[C@H](O)[C@@H](NC(=O)c1ccccc1)c1ccccc1)C(=O)O. The minimum absolute atomic E-state index is 0.284. The van der Waals surface area contributed by atoms with Crippen molar-refractivity contribution in [3.63, 3.8) is 0 Å². The third-order valence-electron chi connectivity index (χ3n) is 5.53. The van der Waals surface area contributed by atoms with Crippen LogP contribution in [0, 0.1) is 0 Å². The highest BCUT2D eigenvalue weighted by Gasteiger charge is 2.32. The monoisotopic (exact) mass is 454 g/mol. The zero-order chi connectivity index (χ0) is 24.1. The number of hydrogen-bond donors (Lipinski definition) is 4. The number of carbonyl (C=O) groups is 3. The molecule has 0 aromatic heterocycles. The zero-order valence-corrected chi connectivity index (χ0v) is 19.1. The van der Waals surface area contributed by atoms with Crippen LogP contribution in [0.5, 0.6) is 0 Å². The molecule has 2 amide bonds. The highest BCUT2D eigenvalue weighted by Crippen LogP contribution is 2.19. The van der Waals surface area contributed by atoms with Gasteiger partial charge >= 0.3 is 5.97 Å². The van der Waals surface area contributed by atoms with Crippen molar-refractivity contribution in [3.8, 4) is 0 Å². The third kappa shape index (κ3) is 8.69. The number of unbranched alkanes of at least 4 members (excludes halogenated alkanes) is 5. The summed E-state index contributed by atoms with van der Waals surface area (Å²) in [6, 6.07) is 15.0. The second-order valence-corrected chi connectivity index (χ2v) is 8.13. The lowest BCUT2D eigenvalue weighted by atomic mass is 9.99. The van der Waals surface area contributed by atoms with E-state index in [0.717, 1.165) is 32.1 Å². The van der Waals surface area contributed by atoms with Gasteiger partial charge in [0.25, 0.3) is 11.8 Å². The first kappa shape index (κ1) is 26.1. The molecule has 7 heteroatoms. The number of carboxylic acids is 1. The molecule has 0 fully saturated rings. The van der Waals surface area contributed by atoms with Crippen LogP contribution in [-0.4, -0.2) is 40.1 Å². The Morgan fingerprint density at radius 1 is 0.818 bits per heavy atom. The third-order valence-corrected chi connectivity index (χ3v) is 5.53. The van der Waals surface area contributed by atoms with Crippen molar-refractivity contribution in [2.75, 3.05) is 0 Å². The number of benzene rings is 2. The largest absolute Gasteiger partial charge is 0.480 e. The first-order valence-electron chi connectivity index (χ1n) is 11.6. The number of hydrogen-bond acceptors (Lipinski definition) is 4. The second kappa shape index (κ2) is 14.1. The molecule has 0 spiro atoms. The van der Waals surface area contributed by atoms with Gasteiger partial charge in [-0.1, -0.05) is 94.0 Å². The molecule has 0 radical (unpaired) electrons. The Kier molecular flexibility index (Phi) is 11.1. The summed E-state index contributed by atoms with van der Waals surface area (Å²) in [5.74, 6) is -2.43. The molecular formula is C26H34N2O5. The van der Waals surface area contributed by atoms with Gasteiger partial charge in [-0.25, -0.2) is 4.79 Å². The molecule has 0 aliphatic carbocycles. The molecule has 33 heavy (non-hydrogen) atoms. The summed E-state index contributed by atoms with van der Waals surface area (Å²) < 4.78 is 0. The fraction of sp³-hybridized carbons (Fsp3) is 0.423. The molecular weight excluding hydrogens is 420 g/mol. The molecule has 0 bridgehead atoms. The second-order valence-electron chi connectivity index (χ2n) is 8.13. The lowest BCUT2D eigenvalue weighted by Crippen LogP contribution is -2.50. The van der Waals surface area contributed by atoms with Crippen molar-refractivity contribution in [2.45, 2.75) is 70.1 Å². The van der Waals surface area contributed by atoms with Crippen molar-refractivity contribution in [1.29, 1.82) is 0 Å². The Morgan fingerprint density at radius 3 is 2.00 bits per heavy atom. The number of nitrogens with one attached hydrogen (secondary N) is 2. The average Bonchev–Trinajstić information content (AvgIpc) is 2.84. The quantitative estimate of drug-likeness (QED) is 0.324. The lowest BCUT2D eigenvalue weighted by Gasteiger charge is -2.25. The maximum Gasteiger partial charge on any atom is 0.326 e. The minimum Gasteiger partial charge on any atom is -0.480 e. The first-order chi connectivity index (χ1) is 15.9. The van der Waals surface area contributed by atoms with Crippen LogP contribution < -0.4 is 10.6 Å². The van der Waals surface area contributed by atoms with Gasteiger partial charge in [-0.2, -0.15) is 0 Å². The van der Waals surface area contributed by atoms with Gasteiger partial charge in [0.1, 0.15) is 6.04 Å². The van der Waals surface area contributed by atoms with Crippen molar-refractivity contribution in [3.05, 3.63) is 71.8 Å². The van der Waals surface area contributed by atoms with Crippen molar-refractivity contribution < 1.29 is 24.6 Å². The van der Waals surface area contributed by atoms with Crippen LogP contribution >= 0.6 is 0 Å². The predicted molar refractivity (Wildman–Crippen MR) is 127 cm³/mol. The number of aliphatic hydroxyl groups excluding tert-OH is 1. The van der Waals surface area contributed by atoms with Crippen LogP contribution in [0.25, 0.3) is 0 Å². The van der Waals surface area contributed by atoms with E-state index in [0.29, 0.717) is 17.5 Å². The summed E-state index contributed by atoms with van der Waals surface area (Å²) in [4.78, 5) is 37.1. The molecule has 2 aromatic rings. The number of aliphatic hydroxyl groups is 1. The first-order valence-corrected chi connectivity index (χ1v) is 11.6. The Balaban J connectivity index is 2.05. The maximum absolute atomic E-state index is 12.8. The molecule has 4 N–H and O–H groups in total. The fourth-order valence-electron chi connectivity index (χ4n) is 3.61. The smallest absolute Gasteiger partial charge is 0.326 e. The summed E-state index contributed by atoms with van der Waals surface area (Å²) in [5, 5.41) is 25.5. The van der Waals surface area contributed by atoms with E-state index in [4.69, 9.17) is 0 Å². The summed E-state index contributed by atoms with van der Waals surface area (Å²) in [6.07, 6.45) is 4.61. The van der Waals surface area contributed by atoms with Gasteiger partial charge in [0, 0.05) is 5.56 Å². The van der Waals surface area contributed by atoms with E-state index in [2.05, 4.69) is 17.6 Å². The van der Waals surface area contributed by atoms with Gasteiger partial charge in [0.05, 0.1) is 6.04 Å². The van der Waals surface area contributed by atoms with Gasteiger partial charge in [-0.3, -0.25) is 9.59 Å². The van der Waals surface area contributed by atoms with Crippen LogP contribution in [0.3, 0.4) is 0 Å². The Bertz CT molecular complexity index is 873. The number of rotatable bonds is 14. The molecule has 178 valence electrons. The number of carboxylic acid groups (broad SMARTS) is 1. The Morgan fingerprint density at radius 2 is 1.39 bits per heavy atom. The van der Waals surface area contributed by atoms with Crippen LogP contribution in [0.2, 0.25) is 0 Å². The molecule has 0 heterocycles.